The molecule has 3 aromatic carbocycles. The van der Waals surface area contributed by atoms with E-state index in [1.54, 1.807) is 20.8 Å². The van der Waals surface area contributed by atoms with E-state index in [0.29, 0.717) is 5.56 Å². The van der Waals surface area contributed by atoms with Gasteiger partial charge in [0.05, 0.1) is 16.7 Å². The minimum Gasteiger partial charge on any atom is -0.166 e. The van der Waals surface area contributed by atoms with Gasteiger partial charge in [0.15, 0.2) is 0 Å². The topological polar surface area (TPSA) is 0 Å². The lowest BCUT2D eigenvalue weighted by Gasteiger charge is -2.28. The highest BCUT2D eigenvalue weighted by Crippen LogP contribution is 2.50. The summed E-state index contributed by atoms with van der Waals surface area (Å²) in [6.45, 7) is 9.37. The molecule has 0 atom stereocenters. The summed E-state index contributed by atoms with van der Waals surface area (Å²) in [7, 11) is 0. The largest absolute Gasteiger partial charge is 0.417 e. The van der Waals surface area contributed by atoms with Gasteiger partial charge in [0.2, 0.25) is 0 Å². The second-order valence-corrected chi connectivity index (χ2v) is 10.2. The summed E-state index contributed by atoms with van der Waals surface area (Å²) in [6, 6.07) is 6.35. The minimum absolute atomic E-state index is 0.00975. The highest BCUT2D eigenvalue weighted by molar-refractivity contribution is 5.84. The average Bonchev–Trinajstić information content (AvgIpc) is 2.92. The maximum Gasteiger partial charge on any atom is 0.417 e. The SMILES string of the molecule is CCc1ccc(-c2cc(CC)c(-c3ccc(CC)c(C(F)(F)F)c3CC)c(CC)c2C(F)(F)F)c(C(F)(F)F)c1CC. The molecular weight excluding hydrogens is 567 g/mol. The van der Waals surface area contributed by atoms with Gasteiger partial charge in [0.25, 0.3) is 0 Å². The van der Waals surface area contributed by atoms with Crippen LogP contribution < -0.4 is 0 Å². The first-order chi connectivity index (χ1) is 19.5. The molecule has 0 aliphatic carbocycles. The lowest BCUT2D eigenvalue weighted by atomic mass is 9.79. The van der Waals surface area contributed by atoms with Crippen molar-refractivity contribution in [1.82, 2.24) is 0 Å². The third-order valence-electron chi connectivity index (χ3n) is 7.93. The van der Waals surface area contributed by atoms with Gasteiger partial charge in [0.1, 0.15) is 0 Å². The van der Waals surface area contributed by atoms with Crippen molar-refractivity contribution in [1.29, 1.82) is 0 Å². The fourth-order valence-corrected chi connectivity index (χ4v) is 6.22. The molecule has 9 heteroatoms. The number of alkyl halides is 9. The zero-order chi connectivity index (χ0) is 31.8. The minimum atomic E-state index is -5.08. The van der Waals surface area contributed by atoms with Crippen LogP contribution in [0.1, 0.15) is 91.6 Å². The van der Waals surface area contributed by atoms with Crippen molar-refractivity contribution >= 4 is 0 Å². The number of hydrogen-bond acceptors (Lipinski definition) is 0. The molecule has 0 heterocycles. The molecule has 0 radical (unpaired) electrons. The lowest BCUT2D eigenvalue weighted by Crippen LogP contribution is -2.18. The Labute approximate surface area is 241 Å². The second-order valence-electron chi connectivity index (χ2n) is 10.2. The van der Waals surface area contributed by atoms with Crippen LogP contribution in [0.5, 0.6) is 0 Å². The summed E-state index contributed by atoms with van der Waals surface area (Å²) in [5.74, 6) is 0. The molecular formula is C33H35F9. The van der Waals surface area contributed by atoms with Crippen LogP contribution in [0, 0.1) is 0 Å². The first-order valence-corrected chi connectivity index (χ1v) is 14.2. The van der Waals surface area contributed by atoms with Gasteiger partial charge in [-0.1, -0.05) is 65.8 Å². The summed E-state index contributed by atoms with van der Waals surface area (Å²) >= 11 is 0. The Balaban J connectivity index is 2.64. The third-order valence-corrected chi connectivity index (χ3v) is 7.93. The quantitative estimate of drug-likeness (QED) is 0.225. The molecule has 0 fully saturated rings. The monoisotopic (exact) mass is 602 g/mol. The summed E-state index contributed by atoms with van der Waals surface area (Å²) in [5.41, 5.74) is -4.17. The average molecular weight is 603 g/mol. The Morgan fingerprint density at radius 3 is 1.26 bits per heavy atom. The summed E-state index contributed by atoms with van der Waals surface area (Å²) in [4.78, 5) is 0. The van der Waals surface area contributed by atoms with Crippen LogP contribution in [0.3, 0.4) is 0 Å². The molecule has 0 spiro atoms. The van der Waals surface area contributed by atoms with Crippen LogP contribution in [0.4, 0.5) is 39.5 Å². The van der Waals surface area contributed by atoms with E-state index in [4.69, 9.17) is 0 Å². The van der Waals surface area contributed by atoms with E-state index in [-0.39, 0.29) is 77.5 Å². The van der Waals surface area contributed by atoms with E-state index >= 15 is 0 Å². The number of rotatable bonds is 8. The first kappa shape index (κ1) is 33.5. The lowest BCUT2D eigenvalue weighted by molar-refractivity contribution is -0.140. The van der Waals surface area contributed by atoms with Crippen LogP contribution in [-0.2, 0) is 57.1 Å². The van der Waals surface area contributed by atoms with Gasteiger partial charge in [-0.2, -0.15) is 39.5 Å². The van der Waals surface area contributed by atoms with Gasteiger partial charge >= 0.3 is 18.5 Å². The number of halogens is 9. The van der Waals surface area contributed by atoms with Crippen molar-refractivity contribution < 1.29 is 39.5 Å². The van der Waals surface area contributed by atoms with Crippen LogP contribution in [-0.4, -0.2) is 0 Å². The standard InChI is InChI=1S/C33H35F9/c1-7-18-13-16-25(29(21(18)10-4)32(37,38)39)26-17-20(9-3)27(23(12-6)30(26)33(40,41)42)24-15-14-19(8-2)28(22(24)11-5)31(34,35)36/h13-17H,7-12H2,1-6H3. The highest BCUT2D eigenvalue weighted by atomic mass is 19.4. The maximum atomic E-state index is 15.0. The number of benzene rings is 3. The molecule has 0 N–H and O–H groups in total. The molecule has 0 aliphatic rings. The molecule has 0 bridgehead atoms. The Bertz CT molecular complexity index is 1440. The number of aryl methyl sites for hydroxylation is 3. The Morgan fingerprint density at radius 2 is 0.833 bits per heavy atom. The predicted molar refractivity (Wildman–Crippen MR) is 149 cm³/mol. The van der Waals surface area contributed by atoms with Gasteiger partial charge in [-0.3, -0.25) is 0 Å². The number of hydrogen-bond donors (Lipinski definition) is 0. The fourth-order valence-electron chi connectivity index (χ4n) is 6.22. The molecule has 0 amide bonds. The van der Waals surface area contributed by atoms with Gasteiger partial charge in [0, 0.05) is 0 Å². The van der Waals surface area contributed by atoms with E-state index in [0.717, 1.165) is 12.1 Å². The zero-order valence-electron chi connectivity index (χ0n) is 24.5. The molecule has 3 aromatic rings. The Hall–Kier alpha value is -2.97. The molecule has 0 aliphatic heterocycles. The fraction of sp³-hybridized carbons (Fsp3) is 0.455. The smallest absolute Gasteiger partial charge is 0.166 e. The third kappa shape index (κ3) is 6.06. The van der Waals surface area contributed by atoms with E-state index in [2.05, 4.69) is 0 Å². The van der Waals surface area contributed by atoms with E-state index < -0.39 is 46.3 Å². The van der Waals surface area contributed by atoms with Crippen molar-refractivity contribution in [2.75, 3.05) is 0 Å². The maximum absolute atomic E-state index is 15.0. The van der Waals surface area contributed by atoms with Crippen molar-refractivity contribution in [3.8, 4) is 22.3 Å². The van der Waals surface area contributed by atoms with E-state index in [1.807, 2.05) is 0 Å². The van der Waals surface area contributed by atoms with Crippen LogP contribution in [0.25, 0.3) is 22.3 Å². The van der Waals surface area contributed by atoms with Gasteiger partial charge in [-0.25, -0.2) is 0 Å². The van der Waals surface area contributed by atoms with Gasteiger partial charge < -0.3 is 0 Å². The van der Waals surface area contributed by atoms with Gasteiger partial charge in [-0.15, -0.1) is 0 Å². The van der Waals surface area contributed by atoms with E-state index in [1.165, 1.54) is 39.0 Å². The Morgan fingerprint density at radius 1 is 0.405 bits per heavy atom. The van der Waals surface area contributed by atoms with Crippen LogP contribution in [0.15, 0.2) is 30.3 Å². The summed E-state index contributed by atoms with van der Waals surface area (Å²) < 4.78 is 132. The van der Waals surface area contributed by atoms with Crippen molar-refractivity contribution in [3.63, 3.8) is 0 Å². The van der Waals surface area contributed by atoms with Crippen LogP contribution in [0.2, 0.25) is 0 Å². The molecule has 0 unspecified atom stereocenters. The molecule has 0 saturated heterocycles. The molecule has 42 heavy (non-hydrogen) atoms. The van der Waals surface area contributed by atoms with Crippen molar-refractivity contribution in [3.05, 3.63) is 80.4 Å². The summed E-state index contributed by atoms with van der Waals surface area (Å²) in [6.07, 6.45) is -14.7. The van der Waals surface area contributed by atoms with Crippen molar-refractivity contribution in [2.45, 2.75) is 98.6 Å². The van der Waals surface area contributed by atoms with Gasteiger partial charge in [-0.05, 0) is 100 Å². The summed E-state index contributed by atoms with van der Waals surface area (Å²) in [5, 5.41) is 0. The highest BCUT2D eigenvalue weighted by Gasteiger charge is 2.43. The molecule has 0 aromatic heterocycles. The Kier molecular flexibility index (Phi) is 9.84. The molecule has 0 saturated carbocycles. The first-order valence-electron chi connectivity index (χ1n) is 14.2. The van der Waals surface area contributed by atoms with Crippen molar-refractivity contribution in [2.24, 2.45) is 0 Å². The normalized spacial score (nSPS) is 12.7. The molecule has 230 valence electrons. The molecule has 3 rings (SSSR count). The van der Waals surface area contributed by atoms with Crippen LogP contribution >= 0.6 is 0 Å². The zero-order valence-corrected chi connectivity index (χ0v) is 24.5. The molecule has 0 nitrogen and oxygen atoms in total. The second kappa shape index (κ2) is 12.3. The van der Waals surface area contributed by atoms with E-state index in [9.17, 15) is 39.5 Å². The predicted octanol–water partition coefficient (Wildman–Crippen LogP) is 11.5.